The summed E-state index contributed by atoms with van der Waals surface area (Å²) < 4.78 is 12.1. The fourth-order valence-electron chi connectivity index (χ4n) is 2.79. The third kappa shape index (κ3) is 4.70. The zero-order valence-corrected chi connectivity index (χ0v) is 14.8. The summed E-state index contributed by atoms with van der Waals surface area (Å²) in [5.41, 5.74) is 2.68. The minimum atomic E-state index is 0.601. The molecule has 0 radical (unpaired) electrons. The van der Waals surface area contributed by atoms with E-state index in [2.05, 4.69) is 47.2 Å². The summed E-state index contributed by atoms with van der Waals surface area (Å²) in [6.45, 7) is 8.09. The van der Waals surface area contributed by atoms with Crippen LogP contribution in [0.1, 0.15) is 25.0 Å². The molecule has 0 fully saturated rings. The maximum Gasteiger partial charge on any atom is 0.125 e. The monoisotopic (exact) mass is 355 g/mol. The maximum absolute atomic E-state index is 5.85. The number of fused-ring (bicyclic) bond motifs is 1. The van der Waals surface area contributed by atoms with Crippen molar-refractivity contribution in [1.29, 1.82) is 0 Å². The summed E-state index contributed by atoms with van der Waals surface area (Å²) in [4.78, 5) is 0. The van der Waals surface area contributed by atoms with Crippen molar-refractivity contribution in [2.24, 2.45) is 11.8 Å². The van der Waals surface area contributed by atoms with Gasteiger partial charge in [-0.15, -0.1) is 0 Å². The lowest BCUT2D eigenvalue weighted by Gasteiger charge is -2.22. The van der Waals surface area contributed by atoms with Crippen LogP contribution >= 0.6 is 15.9 Å². The van der Waals surface area contributed by atoms with Gasteiger partial charge in [0.25, 0.3) is 0 Å². The molecule has 2 rings (SSSR count). The highest BCUT2D eigenvalue weighted by Gasteiger charge is 2.21. The molecule has 118 valence electrons. The number of rotatable bonds is 8. The first-order valence-corrected chi connectivity index (χ1v) is 8.55. The fraction of sp³-hybridized carbons (Fsp3) is 0.647. The molecule has 0 saturated heterocycles. The molecule has 0 aliphatic carbocycles. The molecule has 1 aromatic rings. The van der Waals surface area contributed by atoms with E-state index in [0.29, 0.717) is 11.8 Å². The van der Waals surface area contributed by atoms with Crippen molar-refractivity contribution in [3.05, 3.63) is 27.7 Å². The van der Waals surface area contributed by atoms with E-state index >= 15 is 0 Å². The van der Waals surface area contributed by atoms with Gasteiger partial charge in [0.15, 0.2) is 0 Å². The Kier molecular flexibility index (Phi) is 6.52. The van der Waals surface area contributed by atoms with Crippen LogP contribution in [0.5, 0.6) is 5.75 Å². The van der Waals surface area contributed by atoms with Gasteiger partial charge < -0.3 is 14.8 Å². The zero-order chi connectivity index (χ0) is 15.2. The topological polar surface area (TPSA) is 30.5 Å². The molecule has 4 heteroatoms. The van der Waals surface area contributed by atoms with Gasteiger partial charge in [-0.3, -0.25) is 0 Å². The summed E-state index contributed by atoms with van der Waals surface area (Å²) in [5, 5.41) is 3.49. The Morgan fingerprint density at radius 2 is 2.19 bits per heavy atom. The van der Waals surface area contributed by atoms with Gasteiger partial charge in [0.05, 0.1) is 13.2 Å². The van der Waals surface area contributed by atoms with Gasteiger partial charge in [-0.2, -0.15) is 0 Å². The van der Waals surface area contributed by atoms with E-state index in [1.807, 2.05) is 0 Å². The molecule has 1 unspecified atom stereocenters. The molecule has 0 bridgehead atoms. The SMILES string of the molecule is COCCNCC(Cc1cc(Br)cc2c1OCC2)C(C)C. The highest BCUT2D eigenvalue weighted by atomic mass is 79.9. The van der Waals surface area contributed by atoms with E-state index in [4.69, 9.17) is 9.47 Å². The van der Waals surface area contributed by atoms with Gasteiger partial charge in [-0.25, -0.2) is 0 Å². The second-order valence-corrected chi connectivity index (χ2v) is 6.97. The van der Waals surface area contributed by atoms with Gasteiger partial charge in [0.1, 0.15) is 5.75 Å². The van der Waals surface area contributed by atoms with Crippen molar-refractivity contribution in [2.75, 3.05) is 33.4 Å². The van der Waals surface area contributed by atoms with Gasteiger partial charge in [0.2, 0.25) is 0 Å². The number of nitrogens with one attached hydrogen (secondary N) is 1. The number of ether oxygens (including phenoxy) is 2. The van der Waals surface area contributed by atoms with E-state index < -0.39 is 0 Å². The lowest BCUT2D eigenvalue weighted by Crippen LogP contribution is -2.30. The van der Waals surface area contributed by atoms with Crippen LogP contribution in [-0.2, 0) is 17.6 Å². The number of halogens is 1. The van der Waals surface area contributed by atoms with Crippen LogP contribution in [0.15, 0.2) is 16.6 Å². The Morgan fingerprint density at radius 3 is 2.90 bits per heavy atom. The Hall–Kier alpha value is -0.580. The summed E-state index contributed by atoms with van der Waals surface area (Å²) in [7, 11) is 1.74. The van der Waals surface area contributed by atoms with Gasteiger partial charge in [-0.05, 0) is 48.1 Å². The van der Waals surface area contributed by atoms with E-state index in [1.54, 1.807) is 7.11 Å². The maximum atomic E-state index is 5.85. The summed E-state index contributed by atoms with van der Waals surface area (Å²) in [6.07, 6.45) is 2.08. The van der Waals surface area contributed by atoms with Gasteiger partial charge in [-0.1, -0.05) is 29.8 Å². The van der Waals surface area contributed by atoms with Crippen molar-refractivity contribution >= 4 is 15.9 Å². The number of methoxy groups -OCH3 is 1. The minimum absolute atomic E-state index is 0.601. The van der Waals surface area contributed by atoms with Crippen molar-refractivity contribution in [1.82, 2.24) is 5.32 Å². The van der Waals surface area contributed by atoms with Crippen LogP contribution in [0.2, 0.25) is 0 Å². The molecule has 0 saturated carbocycles. The molecule has 1 atom stereocenters. The smallest absolute Gasteiger partial charge is 0.125 e. The van der Waals surface area contributed by atoms with Crippen LogP contribution in [-0.4, -0.2) is 33.4 Å². The zero-order valence-electron chi connectivity index (χ0n) is 13.2. The van der Waals surface area contributed by atoms with Gasteiger partial charge in [0, 0.05) is 24.5 Å². The predicted octanol–water partition coefficient (Wildman–Crippen LogP) is 3.43. The Labute approximate surface area is 136 Å². The van der Waals surface area contributed by atoms with Crippen molar-refractivity contribution < 1.29 is 9.47 Å². The first-order valence-electron chi connectivity index (χ1n) is 7.75. The van der Waals surface area contributed by atoms with Crippen molar-refractivity contribution in [3.63, 3.8) is 0 Å². The second-order valence-electron chi connectivity index (χ2n) is 6.06. The molecule has 1 N–H and O–H groups in total. The molecule has 1 aliphatic heterocycles. The molecule has 21 heavy (non-hydrogen) atoms. The first kappa shape index (κ1) is 16.8. The van der Waals surface area contributed by atoms with Crippen LogP contribution in [0.25, 0.3) is 0 Å². The third-order valence-corrected chi connectivity index (χ3v) is 4.60. The summed E-state index contributed by atoms with van der Waals surface area (Å²) >= 11 is 3.63. The summed E-state index contributed by atoms with van der Waals surface area (Å²) in [5.74, 6) is 2.36. The van der Waals surface area contributed by atoms with Crippen LogP contribution in [0.3, 0.4) is 0 Å². The quantitative estimate of drug-likeness (QED) is 0.724. The molecule has 1 aliphatic rings. The largest absolute Gasteiger partial charge is 0.493 e. The molecule has 0 spiro atoms. The highest BCUT2D eigenvalue weighted by Crippen LogP contribution is 2.35. The molecule has 3 nitrogen and oxygen atoms in total. The Balaban J connectivity index is 2.03. The average molecular weight is 356 g/mol. The minimum Gasteiger partial charge on any atom is -0.493 e. The molecule has 0 amide bonds. The molecule has 1 heterocycles. The van der Waals surface area contributed by atoms with Crippen LogP contribution < -0.4 is 10.1 Å². The standard InChI is InChI=1S/C17H26BrNO2/c1-12(2)15(11-19-5-7-20-3)8-14-10-16(18)9-13-4-6-21-17(13)14/h9-10,12,15,19H,4-8,11H2,1-3H3. The van der Waals surface area contributed by atoms with Crippen LogP contribution in [0, 0.1) is 11.8 Å². The molecular weight excluding hydrogens is 330 g/mol. The van der Waals surface area contributed by atoms with E-state index in [-0.39, 0.29) is 0 Å². The summed E-state index contributed by atoms with van der Waals surface area (Å²) in [6, 6.07) is 4.40. The van der Waals surface area contributed by atoms with E-state index in [0.717, 1.165) is 49.4 Å². The first-order chi connectivity index (χ1) is 10.1. The lowest BCUT2D eigenvalue weighted by atomic mass is 9.88. The number of benzene rings is 1. The lowest BCUT2D eigenvalue weighted by molar-refractivity contribution is 0.196. The normalized spacial score (nSPS) is 15.1. The predicted molar refractivity (Wildman–Crippen MR) is 90.1 cm³/mol. The number of hydrogen-bond acceptors (Lipinski definition) is 3. The van der Waals surface area contributed by atoms with E-state index in [9.17, 15) is 0 Å². The molecule has 0 aromatic heterocycles. The second kappa shape index (κ2) is 8.16. The third-order valence-electron chi connectivity index (χ3n) is 4.14. The Bertz CT molecular complexity index is 462. The van der Waals surface area contributed by atoms with Crippen LogP contribution in [0.4, 0.5) is 0 Å². The molecular formula is C17H26BrNO2. The Morgan fingerprint density at radius 1 is 1.38 bits per heavy atom. The van der Waals surface area contributed by atoms with Gasteiger partial charge >= 0.3 is 0 Å². The average Bonchev–Trinajstić information content (AvgIpc) is 2.89. The molecule has 1 aromatic carbocycles. The van der Waals surface area contributed by atoms with Crippen molar-refractivity contribution in [3.8, 4) is 5.75 Å². The highest BCUT2D eigenvalue weighted by molar-refractivity contribution is 9.10. The van der Waals surface area contributed by atoms with E-state index in [1.165, 1.54) is 11.1 Å². The van der Waals surface area contributed by atoms with Crippen molar-refractivity contribution in [2.45, 2.75) is 26.7 Å². The fourth-order valence-corrected chi connectivity index (χ4v) is 3.34. The number of hydrogen-bond donors (Lipinski definition) is 1.